The third-order valence-corrected chi connectivity index (χ3v) is 2.21. The van der Waals surface area contributed by atoms with Crippen molar-refractivity contribution < 1.29 is 12.8 Å². The molecule has 0 atom stereocenters. The van der Waals surface area contributed by atoms with Crippen LogP contribution in [0.5, 0.6) is 0 Å². The fraction of sp³-hybridized carbons (Fsp3) is 0.571. The summed E-state index contributed by atoms with van der Waals surface area (Å²) in [6.45, 7) is 3.82. The van der Waals surface area contributed by atoms with Crippen molar-refractivity contribution >= 4 is 9.84 Å². The number of aromatic nitrogens is 1. The van der Waals surface area contributed by atoms with Gasteiger partial charge in [-0.05, 0) is 0 Å². The van der Waals surface area contributed by atoms with E-state index in [9.17, 15) is 8.42 Å². The molecular weight excluding hydrogens is 178 g/mol. The monoisotopic (exact) mass is 189 g/mol. The molecule has 0 bridgehead atoms. The molecule has 5 heteroatoms. The Balaban J connectivity index is 3.09. The molecule has 0 unspecified atom stereocenters. The van der Waals surface area contributed by atoms with Crippen molar-refractivity contribution in [1.29, 1.82) is 0 Å². The number of hydrogen-bond acceptors (Lipinski definition) is 4. The van der Waals surface area contributed by atoms with Gasteiger partial charge in [-0.25, -0.2) is 13.4 Å². The van der Waals surface area contributed by atoms with Gasteiger partial charge >= 0.3 is 5.22 Å². The average molecular weight is 189 g/mol. The lowest BCUT2D eigenvalue weighted by Crippen LogP contribution is -1.96. The van der Waals surface area contributed by atoms with Gasteiger partial charge in [-0.2, -0.15) is 0 Å². The van der Waals surface area contributed by atoms with Crippen molar-refractivity contribution in [2.75, 3.05) is 6.26 Å². The van der Waals surface area contributed by atoms with Gasteiger partial charge in [0.15, 0.2) is 0 Å². The standard InChI is InChI=1S/C7H11NO3S/c1-5(2)6-4-8-7(11-6)12(3,9)10/h4-5H,1-3H3. The second kappa shape index (κ2) is 2.90. The van der Waals surface area contributed by atoms with Crippen LogP contribution in [0.1, 0.15) is 25.5 Å². The molecule has 0 saturated carbocycles. The Hall–Kier alpha value is -0.840. The third kappa shape index (κ3) is 1.85. The number of oxazole rings is 1. The summed E-state index contributed by atoms with van der Waals surface area (Å²) >= 11 is 0. The SMILES string of the molecule is CC(C)c1cnc(S(C)(=O)=O)o1. The summed E-state index contributed by atoms with van der Waals surface area (Å²) in [5.74, 6) is 0.753. The summed E-state index contributed by atoms with van der Waals surface area (Å²) in [5.41, 5.74) is 0. The molecular formula is C7H11NO3S. The molecule has 68 valence electrons. The summed E-state index contributed by atoms with van der Waals surface area (Å²) in [4.78, 5) is 3.65. The second-order valence-corrected chi connectivity index (χ2v) is 4.85. The van der Waals surface area contributed by atoms with E-state index in [2.05, 4.69) is 4.98 Å². The Morgan fingerprint density at radius 3 is 2.33 bits per heavy atom. The maximum Gasteiger partial charge on any atom is 0.314 e. The smallest absolute Gasteiger partial charge is 0.314 e. The van der Waals surface area contributed by atoms with Crippen LogP contribution in [0.3, 0.4) is 0 Å². The average Bonchev–Trinajstić information content (AvgIpc) is 2.30. The summed E-state index contributed by atoms with van der Waals surface area (Å²) in [7, 11) is -3.29. The Labute approximate surface area is 71.5 Å². The van der Waals surface area contributed by atoms with Gasteiger partial charge in [-0.3, -0.25) is 0 Å². The highest BCUT2D eigenvalue weighted by Gasteiger charge is 2.15. The Morgan fingerprint density at radius 1 is 1.50 bits per heavy atom. The first-order chi connectivity index (χ1) is 5.41. The summed E-state index contributed by atoms with van der Waals surface area (Å²) < 4.78 is 26.8. The lowest BCUT2D eigenvalue weighted by atomic mass is 10.2. The number of sulfone groups is 1. The predicted octanol–water partition coefficient (Wildman–Crippen LogP) is 1.20. The van der Waals surface area contributed by atoms with E-state index < -0.39 is 9.84 Å². The molecule has 4 nitrogen and oxygen atoms in total. The predicted molar refractivity (Wildman–Crippen MR) is 43.7 cm³/mol. The highest BCUT2D eigenvalue weighted by Crippen LogP contribution is 2.17. The highest BCUT2D eigenvalue weighted by atomic mass is 32.2. The Kier molecular flexibility index (Phi) is 2.23. The Bertz CT molecular complexity index is 364. The largest absolute Gasteiger partial charge is 0.433 e. The van der Waals surface area contributed by atoms with Crippen LogP contribution in [-0.2, 0) is 9.84 Å². The van der Waals surface area contributed by atoms with E-state index >= 15 is 0 Å². The fourth-order valence-corrected chi connectivity index (χ4v) is 1.20. The van der Waals surface area contributed by atoms with E-state index in [1.165, 1.54) is 6.20 Å². The van der Waals surface area contributed by atoms with Crippen molar-refractivity contribution in [3.63, 3.8) is 0 Å². The first-order valence-electron chi connectivity index (χ1n) is 3.57. The Morgan fingerprint density at radius 2 is 2.08 bits per heavy atom. The zero-order chi connectivity index (χ0) is 9.35. The molecule has 0 spiro atoms. The normalized spacial score (nSPS) is 12.3. The van der Waals surface area contributed by atoms with Crippen molar-refractivity contribution in [3.05, 3.63) is 12.0 Å². The van der Waals surface area contributed by atoms with Crippen LogP contribution in [-0.4, -0.2) is 19.7 Å². The number of rotatable bonds is 2. The van der Waals surface area contributed by atoms with E-state index in [-0.39, 0.29) is 11.1 Å². The summed E-state index contributed by atoms with van der Waals surface area (Å²) in [5, 5.41) is -0.203. The molecule has 0 aliphatic rings. The first kappa shape index (κ1) is 9.25. The molecule has 0 aliphatic carbocycles. The van der Waals surface area contributed by atoms with Crippen LogP contribution in [0.15, 0.2) is 15.8 Å². The van der Waals surface area contributed by atoms with E-state index in [0.717, 1.165) is 6.26 Å². The maximum absolute atomic E-state index is 10.9. The van der Waals surface area contributed by atoms with Gasteiger partial charge in [0, 0.05) is 12.2 Å². The van der Waals surface area contributed by atoms with Gasteiger partial charge in [0.25, 0.3) is 0 Å². The van der Waals surface area contributed by atoms with E-state index in [0.29, 0.717) is 5.76 Å². The van der Waals surface area contributed by atoms with Gasteiger partial charge in [0.05, 0.1) is 6.20 Å². The molecule has 12 heavy (non-hydrogen) atoms. The molecule has 0 aliphatic heterocycles. The van der Waals surface area contributed by atoms with Gasteiger partial charge in [-0.1, -0.05) is 13.8 Å². The maximum atomic E-state index is 10.9. The molecule has 1 aromatic heterocycles. The molecule has 0 fully saturated rings. The summed E-state index contributed by atoms with van der Waals surface area (Å²) in [6.07, 6.45) is 2.52. The fourth-order valence-electron chi connectivity index (χ4n) is 0.708. The van der Waals surface area contributed by atoms with Crippen LogP contribution in [0.2, 0.25) is 0 Å². The minimum absolute atomic E-state index is 0.160. The molecule has 1 heterocycles. The van der Waals surface area contributed by atoms with E-state index in [1.54, 1.807) is 0 Å². The van der Waals surface area contributed by atoms with Gasteiger partial charge < -0.3 is 4.42 Å². The zero-order valence-corrected chi connectivity index (χ0v) is 8.05. The molecule has 0 N–H and O–H groups in total. The topological polar surface area (TPSA) is 60.2 Å². The molecule has 0 radical (unpaired) electrons. The van der Waals surface area contributed by atoms with Crippen molar-refractivity contribution in [2.45, 2.75) is 25.0 Å². The van der Waals surface area contributed by atoms with Crippen LogP contribution in [0.25, 0.3) is 0 Å². The molecule has 1 rings (SSSR count). The van der Waals surface area contributed by atoms with Crippen molar-refractivity contribution in [3.8, 4) is 0 Å². The van der Waals surface area contributed by atoms with Crippen LogP contribution >= 0.6 is 0 Å². The molecule has 1 aromatic rings. The second-order valence-electron chi connectivity index (χ2n) is 2.96. The lowest BCUT2D eigenvalue weighted by molar-refractivity contribution is 0.388. The van der Waals surface area contributed by atoms with Crippen LogP contribution in [0.4, 0.5) is 0 Å². The van der Waals surface area contributed by atoms with Crippen molar-refractivity contribution in [1.82, 2.24) is 4.98 Å². The van der Waals surface area contributed by atoms with Crippen LogP contribution in [0, 0.1) is 0 Å². The van der Waals surface area contributed by atoms with Gasteiger partial charge in [0.1, 0.15) is 5.76 Å². The van der Waals surface area contributed by atoms with Crippen molar-refractivity contribution in [2.24, 2.45) is 0 Å². The van der Waals surface area contributed by atoms with E-state index in [4.69, 9.17) is 4.42 Å². The molecule has 0 amide bonds. The highest BCUT2D eigenvalue weighted by molar-refractivity contribution is 7.90. The van der Waals surface area contributed by atoms with Gasteiger partial charge in [0.2, 0.25) is 9.84 Å². The number of nitrogens with zero attached hydrogens (tertiary/aromatic N) is 1. The molecule has 0 aromatic carbocycles. The number of hydrogen-bond donors (Lipinski definition) is 0. The first-order valence-corrected chi connectivity index (χ1v) is 5.46. The minimum atomic E-state index is -3.29. The van der Waals surface area contributed by atoms with E-state index in [1.807, 2.05) is 13.8 Å². The lowest BCUT2D eigenvalue weighted by Gasteiger charge is -1.95. The minimum Gasteiger partial charge on any atom is -0.433 e. The quantitative estimate of drug-likeness (QED) is 0.701. The van der Waals surface area contributed by atoms with Gasteiger partial charge in [-0.15, -0.1) is 0 Å². The van der Waals surface area contributed by atoms with Crippen LogP contribution < -0.4 is 0 Å². The summed E-state index contributed by atoms with van der Waals surface area (Å²) in [6, 6.07) is 0. The zero-order valence-electron chi connectivity index (χ0n) is 7.23. The molecule has 0 saturated heterocycles. The third-order valence-electron chi connectivity index (χ3n) is 1.39.